The van der Waals surface area contributed by atoms with Crippen LogP contribution in [0.1, 0.15) is 13.3 Å². The molecule has 0 aromatic carbocycles. The lowest BCUT2D eigenvalue weighted by Crippen LogP contribution is -2.52. The smallest absolute Gasteiger partial charge is 0.317 e. The summed E-state index contributed by atoms with van der Waals surface area (Å²) in [6, 6.07) is 3.89. The maximum Gasteiger partial charge on any atom is 0.317 e. The molecule has 3 heterocycles. The highest BCUT2D eigenvalue weighted by Crippen LogP contribution is 2.27. The van der Waals surface area contributed by atoms with E-state index in [4.69, 9.17) is 4.74 Å². The van der Waals surface area contributed by atoms with Gasteiger partial charge in [0, 0.05) is 52.1 Å². The molecule has 0 saturated carbocycles. The molecule has 3 rings (SSSR count). The molecular weight excluding hydrogens is 326 g/mol. The normalized spacial score (nSPS) is 15.0. The van der Waals surface area contributed by atoms with Crippen LogP contribution in [0.25, 0.3) is 10.3 Å². The summed E-state index contributed by atoms with van der Waals surface area (Å²) in [6.45, 7) is 7.05. The van der Waals surface area contributed by atoms with Crippen molar-refractivity contribution >= 4 is 32.8 Å². The molecule has 130 valence electrons. The molecule has 7 nitrogen and oxygen atoms in total. The molecule has 1 aliphatic heterocycles. The Morgan fingerprint density at radius 1 is 1.38 bits per heavy atom. The van der Waals surface area contributed by atoms with Crippen molar-refractivity contribution in [1.82, 2.24) is 20.2 Å². The van der Waals surface area contributed by atoms with E-state index in [1.807, 2.05) is 24.0 Å². The molecule has 1 fully saturated rings. The minimum atomic E-state index is 0.0112. The first-order valence-electron chi connectivity index (χ1n) is 8.35. The Balaban J connectivity index is 1.46. The number of piperazine rings is 1. The Bertz CT molecular complexity index is 636. The van der Waals surface area contributed by atoms with Gasteiger partial charge in [0.15, 0.2) is 5.13 Å². The first-order valence-corrected chi connectivity index (χ1v) is 9.16. The average molecular weight is 349 g/mol. The summed E-state index contributed by atoms with van der Waals surface area (Å²) in [5, 5.41) is 3.94. The molecule has 0 unspecified atom stereocenters. The van der Waals surface area contributed by atoms with Crippen LogP contribution in [0.3, 0.4) is 0 Å². The van der Waals surface area contributed by atoms with E-state index >= 15 is 0 Å². The number of ether oxygens (including phenoxy) is 1. The molecule has 2 amide bonds. The minimum Gasteiger partial charge on any atom is -0.382 e. The number of nitrogens with one attached hydrogen (secondary N) is 1. The predicted molar refractivity (Wildman–Crippen MR) is 95.7 cm³/mol. The molecule has 2 aromatic heterocycles. The quantitative estimate of drug-likeness (QED) is 0.807. The highest BCUT2D eigenvalue weighted by atomic mass is 32.1. The number of amides is 2. The van der Waals surface area contributed by atoms with Crippen molar-refractivity contribution in [3.63, 3.8) is 0 Å². The van der Waals surface area contributed by atoms with E-state index in [1.165, 1.54) is 0 Å². The Labute approximate surface area is 145 Å². The second kappa shape index (κ2) is 8.25. The average Bonchev–Trinajstić information content (AvgIpc) is 3.05. The third-order valence-electron chi connectivity index (χ3n) is 3.94. The molecule has 1 saturated heterocycles. The van der Waals surface area contributed by atoms with Crippen LogP contribution < -0.4 is 10.2 Å². The Morgan fingerprint density at radius 2 is 2.21 bits per heavy atom. The molecule has 1 N–H and O–H groups in total. The number of fused-ring (bicyclic) bond motifs is 1. The number of hydrogen-bond acceptors (Lipinski definition) is 6. The van der Waals surface area contributed by atoms with E-state index in [1.54, 1.807) is 17.5 Å². The van der Waals surface area contributed by atoms with E-state index in [0.717, 1.165) is 41.6 Å². The zero-order valence-corrected chi connectivity index (χ0v) is 14.7. The third kappa shape index (κ3) is 4.12. The molecule has 0 bridgehead atoms. The van der Waals surface area contributed by atoms with Gasteiger partial charge in [0.25, 0.3) is 0 Å². The van der Waals surface area contributed by atoms with Crippen molar-refractivity contribution in [2.45, 2.75) is 13.3 Å². The molecule has 0 atom stereocenters. The van der Waals surface area contributed by atoms with Gasteiger partial charge in [0.2, 0.25) is 0 Å². The van der Waals surface area contributed by atoms with E-state index in [9.17, 15) is 4.79 Å². The molecular formula is C16H23N5O2S. The zero-order chi connectivity index (χ0) is 16.8. The third-order valence-corrected chi connectivity index (χ3v) is 4.98. The molecule has 0 spiro atoms. The molecule has 0 aliphatic carbocycles. The van der Waals surface area contributed by atoms with Crippen LogP contribution in [0.2, 0.25) is 0 Å². The summed E-state index contributed by atoms with van der Waals surface area (Å²) in [5.74, 6) is 0. The maximum absolute atomic E-state index is 12.1. The molecule has 0 radical (unpaired) electrons. The van der Waals surface area contributed by atoms with E-state index in [2.05, 4.69) is 20.2 Å². The fourth-order valence-corrected chi connectivity index (χ4v) is 3.58. The van der Waals surface area contributed by atoms with Gasteiger partial charge in [-0.3, -0.25) is 0 Å². The van der Waals surface area contributed by atoms with E-state index < -0.39 is 0 Å². The van der Waals surface area contributed by atoms with Gasteiger partial charge in [0.05, 0.1) is 0 Å². The fourth-order valence-electron chi connectivity index (χ4n) is 2.62. The van der Waals surface area contributed by atoms with Crippen molar-refractivity contribution in [2.24, 2.45) is 0 Å². The summed E-state index contributed by atoms with van der Waals surface area (Å²) in [7, 11) is 0. The number of thiazole rings is 1. The van der Waals surface area contributed by atoms with Gasteiger partial charge < -0.3 is 19.9 Å². The lowest BCUT2D eigenvalue weighted by atomic mass is 10.3. The van der Waals surface area contributed by atoms with Crippen LogP contribution in [-0.4, -0.2) is 66.8 Å². The van der Waals surface area contributed by atoms with Crippen LogP contribution in [-0.2, 0) is 4.74 Å². The van der Waals surface area contributed by atoms with Gasteiger partial charge in [-0.1, -0.05) is 11.3 Å². The van der Waals surface area contributed by atoms with E-state index in [0.29, 0.717) is 26.2 Å². The van der Waals surface area contributed by atoms with Gasteiger partial charge in [-0.05, 0) is 25.5 Å². The first kappa shape index (κ1) is 16.9. The first-order chi connectivity index (χ1) is 11.8. The summed E-state index contributed by atoms with van der Waals surface area (Å²) in [6.07, 6.45) is 2.64. The van der Waals surface area contributed by atoms with Crippen molar-refractivity contribution in [3.8, 4) is 0 Å². The summed E-state index contributed by atoms with van der Waals surface area (Å²) < 4.78 is 5.27. The van der Waals surface area contributed by atoms with Crippen LogP contribution in [0, 0.1) is 0 Å². The number of urea groups is 1. The second-order valence-electron chi connectivity index (χ2n) is 5.58. The highest BCUT2D eigenvalue weighted by molar-refractivity contribution is 7.21. The largest absolute Gasteiger partial charge is 0.382 e. The maximum atomic E-state index is 12.1. The fraction of sp³-hybridized carbons (Fsp3) is 0.562. The van der Waals surface area contributed by atoms with Gasteiger partial charge >= 0.3 is 6.03 Å². The Morgan fingerprint density at radius 3 is 2.96 bits per heavy atom. The Kier molecular flexibility index (Phi) is 5.81. The minimum absolute atomic E-state index is 0.0112. The molecule has 2 aromatic rings. The van der Waals surface area contributed by atoms with Crippen molar-refractivity contribution in [3.05, 3.63) is 18.3 Å². The number of nitrogens with zero attached hydrogens (tertiary/aromatic N) is 4. The standard InChI is InChI=1S/C16H23N5O2S/c1-2-23-12-4-7-18-15(22)20-8-10-21(11-9-20)16-19-13-5-3-6-17-14(13)24-16/h3,5-6H,2,4,7-12H2,1H3,(H,18,22). The number of anilines is 1. The lowest BCUT2D eigenvalue weighted by Gasteiger charge is -2.34. The number of carbonyl (C=O) groups excluding carboxylic acids is 1. The number of hydrogen-bond donors (Lipinski definition) is 1. The van der Waals surface area contributed by atoms with Crippen molar-refractivity contribution < 1.29 is 9.53 Å². The van der Waals surface area contributed by atoms with Crippen molar-refractivity contribution in [2.75, 3.05) is 50.8 Å². The number of carbonyl (C=O) groups is 1. The van der Waals surface area contributed by atoms with Gasteiger partial charge in [0.1, 0.15) is 10.3 Å². The Hall–Kier alpha value is -1.93. The van der Waals surface area contributed by atoms with Crippen LogP contribution >= 0.6 is 11.3 Å². The number of aromatic nitrogens is 2. The predicted octanol–water partition coefficient (Wildman–Crippen LogP) is 1.95. The summed E-state index contributed by atoms with van der Waals surface area (Å²) in [4.78, 5) is 26.2. The topological polar surface area (TPSA) is 70.6 Å². The van der Waals surface area contributed by atoms with Gasteiger partial charge in [-0.15, -0.1) is 0 Å². The SMILES string of the molecule is CCOCCCNC(=O)N1CCN(c2nc3cccnc3s2)CC1. The van der Waals surface area contributed by atoms with Crippen molar-refractivity contribution in [1.29, 1.82) is 0 Å². The number of rotatable bonds is 6. The lowest BCUT2D eigenvalue weighted by molar-refractivity contribution is 0.143. The van der Waals surface area contributed by atoms with Crippen LogP contribution in [0.5, 0.6) is 0 Å². The zero-order valence-electron chi connectivity index (χ0n) is 13.9. The molecule has 8 heteroatoms. The highest BCUT2D eigenvalue weighted by Gasteiger charge is 2.22. The summed E-state index contributed by atoms with van der Waals surface area (Å²) in [5.41, 5.74) is 0.937. The second-order valence-corrected chi connectivity index (χ2v) is 6.54. The van der Waals surface area contributed by atoms with Gasteiger partial charge in [-0.25, -0.2) is 14.8 Å². The van der Waals surface area contributed by atoms with Gasteiger partial charge in [-0.2, -0.15) is 0 Å². The van der Waals surface area contributed by atoms with E-state index in [-0.39, 0.29) is 6.03 Å². The molecule has 1 aliphatic rings. The molecule has 24 heavy (non-hydrogen) atoms. The number of pyridine rings is 1. The van der Waals surface area contributed by atoms with Crippen LogP contribution in [0.15, 0.2) is 18.3 Å². The monoisotopic (exact) mass is 349 g/mol. The van der Waals surface area contributed by atoms with Crippen LogP contribution in [0.4, 0.5) is 9.93 Å². The summed E-state index contributed by atoms with van der Waals surface area (Å²) >= 11 is 1.61.